The lowest BCUT2D eigenvalue weighted by Gasteiger charge is -2.22. The Bertz CT molecular complexity index is 680. The fourth-order valence-electron chi connectivity index (χ4n) is 2.11. The van der Waals surface area contributed by atoms with E-state index in [4.69, 9.17) is 9.15 Å². The van der Waals surface area contributed by atoms with Crippen LogP contribution in [0.15, 0.2) is 40.0 Å². The number of hydrogen-bond donors (Lipinski definition) is 1. The second-order valence-electron chi connectivity index (χ2n) is 6.96. The summed E-state index contributed by atoms with van der Waals surface area (Å²) in [5, 5.41) is 11.8. The van der Waals surface area contributed by atoms with Crippen molar-refractivity contribution in [3.63, 3.8) is 0 Å². The molecule has 0 aliphatic rings. The second kappa shape index (κ2) is 8.38. The summed E-state index contributed by atoms with van der Waals surface area (Å²) in [6, 6.07) is 9.38. The van der Waals surface area contributed by atoms with Crippen LogP contribution in [-0.4, -0.2) is 27.1 Å². The molecule has 0 saturated heterocycles. The first-order chi connectivity index (χ1) is 11.7. The molecule has 0 spiro atoms. The summed E-state index contributed by atoms with van der Waals surface area (Å²) in [4.78, 5) is 12.2. The maximum absolute atomic E-state index is 12.2. The van der Waals surface area contributed by atoms with Gasteiger partial charge in [-0.1, -0.05) is 55.9 Å². The number of nitrogens with one attached hydrogen (secondary N) is 1. The van der Waals surface area contributed by atoms with Crippen molar-refractivity contribution in [1.82, 2.24) is 15.5 Å². The van der Waals surface area contributed by atoms with E-state index in [9.17, 15) is 4.79 Å². The standard InChI is InChI=1S/C18H25N3O3S/c1-12(2)25-17-21-20-15(23-17)14(11-13-9-7-6-8-10-13)19-16(22)24-18(3,4)5/h6-10,12,14H,11H2,1-5H3,(H,19,22). The Labute approximate surface area is 152 Å². The molecule has 0 saturated carbocycles. The van der Waals surface area contributed by atoms with Gasteiger partial charge in [0.25, 0.3) is 5.22 Å². The van der Waals surface area contributed by atoms with Gasteiger partial charge in [0.05, 0.1) is 0 Å². The number of thioether (sulfide) groups is 1. The van der Waals surface area contributed by atoms with E-state index in [-0.39, 0.29) is 0 Å². The smallest absolute Gasteiger partial charge is 0.408 e. The first-order valence-electron chi connectivity index (χ1n) is 8.26. The summed E-state index contributed by atoms with van der Waals surface area (Å²) in [6.45, 7) is 9.57. The topological polar surface area (TPSA) is 77.2 Å². The van der Waals surface area contributed by atoms with Crippen LogP contribution < -0.4 is 5.32 Å². The number of carbonyl (C=O) groups excluding carboxylic acids is 1. The molecule has 136 valence electrons. The van der Waals surface area contributed by atoms with Crippen LogP contribution >= 0.6 is 11.8 Å². The molecule has 1 atom stereocenters. The number of rotatable bonds is 6. The first kappa shape index (κ1) is 19.3. The van der Waals surface area contributed by atoms with Crippen LogP contribution in [0.4, 0.5) is 4.79 Å². The molecule has 1 heterocycles. The SMILES string of the molecule is CC(C)Sc1nnc(C(Cc2ccccc2)NC(=O)OC(C)(C)C)o1. The molecule has 0 radical (unpaired) electrons. The Hall–Kier alpha value is -2.02. The van der Waals surface area contributed by atoms with Crippen molar-refractivity contribution in [3.05, 3.63) is 41.8 Å². The van der Waals surface area contributed by atoms with E-state index in [0.29, 0.717) is 22.8 Å². The molecule has 0 aliphatic heterocycles. The van der Waals surface area contributed by atoms with E-state index in [1.54, 1.807) is 0 Å². The zero-order chi connectivity index (χ0) is 18.4. The van der Waals surface area contributed by atoms with E-state index < -0.39 is 17.7 Å². The van der Waals surface area contributed by atoms with Gasteiger partial charge in [0, 0.05) is 11.7 Å². The largest absolute Gasteiger partial charge is 0.444 e. The zero-order valence-electron chi connectivity index (χ0n) is 15.3. The number of ether oxygens (including phenoxy) is 1. The lowest BCUT2D eigenvalue weighted by atomic mass is 10.1. The van der Waals surface area contributed by atoms with E-state index >= 15 is 0 Å². The van der Waals surface area contributed by atoms with Crippen LogP contribution in [0.3, 0.4) is 0 Å². The number of carbonyl (C=O) groups is 1. The predicted octanol–water partition coefficient (Wildman–Crippen LogP) is 4.38. The number of hydrogen-bond acceptors (Lipinski definition) is 6. The van der Waals surface area contributed by atoms with Crippen molar-refractivity contribution < 1.29 is 13.9 Å². The summed E-state index contributed by atoms with van der Waals surface area (Å²) in [6.07, 6.45) is 0.0262. The van der Waals surface area contributed by atoms with Gasteiger partial charge in [-0.25, -0.2) is 4.79 Å². The maximum atomic E-state index is 12.2. The normalized spacial score (nSPS) is 12.9. The van der Waals surface area contributed by atoms with E-state index in [1.165, 1.54) is 11.8 Å². The Balaban J connectivity index is 2.16. The highest BCUT2D eigenvalue weighted by Gasteiger charge is 2.25. The van der Waals surface area contributed by atoms with Crippen LogP contribution in [0, 0.1) is 0 Å². The number of benzene rings is 1. The Morgan fingerprint density at radius 3 is 2.52 bits per heavy atom. The lowest BCUT2D eigenvalue weighted by molar-refractivity contribution is 0.0494. The van der Waals surface area contributed by atoms with Crippen molar-refractivity contribution in [2.45, 2.75) is 63.2 Å². The molecule has 2 rings (SSSR count). The molecular formula is C18H25N3O3S. The quantitative estimate of drug-likeness (QED) is 0.768. The molecule has 7 heteroatoms. The summed E-state index contributed by atoms with van der Waals surface area (Å²) in [7, 11) is 0. The van der Waals surface area contributed by atoms with Crippen molar-refractivity contribution in [1.29, 1.82) is 0 Å². The third-order valence-electron chi connectivity index (χ3n) is 3.03. The highest BCUT2D eigenvalue weighted by Crippen LogP contribution is 2.25. The number of amides is 1. The van der Waals surface area contributed by atoms with Crippen LogP contribution in [-0.2, 0) is 11.2 Å². The number of aromatic nitrogens is 2. The molecule has 1 unspecified atom stereocenters. The Morgan fingerprint density at radius 1 is 1.24 bits per heavy atom. The average molecular weight is 363 g/mol. The number of alkyl carbamates (subject to hydrolysis) is 1. The molecule has 0 aliphatic carbocycles. The summed E-state index contributed by atoms with van der Waals surface area (Å²) >= 11 is 1.49. The van der Waals surface area contributed by atoms with Crippen LogP contribution in [0.1, 0.15) is 52.1 Å². The fourth-order valence-corrected chi connectivity index (χ4v) is 2.73. The third kappa shape index (κ3) is 6.78. The van der Waals surface area contributed by atoms with Crippen molar-refractivity contribution in [2.24, 2.45) is 0 Å². The Morgan fingerprint density at radius 2 is 1.92 bits per heavy atom. The monoisotopic (exact) mass is 363 g/mol. The summed E-state index contributed by atoms with van der Waals surface area (Å²) in [5.41, 5.74) is 0.481. The van der Waals surface area contributed by atoms with Crippen LogP contribution in [0.2, 0.25) is 0 Å². The van der Waals surface area contributed by atoms with Gasteiger partial charge < -0.3 is 14.5 Å². The zero-order valence-corrected chi connectivity index (χ0v) is 16.1. The maximum Gasteiger partial charge on any atom is 0.408 e. The van der Waals surface area contributed by atoms with Crippen LogP contribution in [0.25, 0.3) is 0 Å². The van der Waals surface area contributed by atoms with Gasteiger partial charge in [0.15, 0.2) is 0 Å². The average Bonchev–Trinajstić information content (AvgIpc) is 2.93. The van der Waals surface area contributed by atoms with Gasteiger partial charge in [-0.2, -0.15) is 0 Å². The molecular weight excluding hydrogens is 338 g/mol. The molecule has 6 nitrogen and oxygen atoms in total. The van der Waals surface area contributed by atoms with Gasteiger partial charge in [-0.3, -0.25) is 0 Å². The Kier molecular flexibility index (Phi) is 6.47. The molecule has 0 fully saturated rings. The highest BCUT2D eigenvalue weighted by atomic mass is 32.2. The highest BCUT2D eigenvalue weighted by molar-refractivity contribution is 7.99. The third-order valence-corrected chi connectivity index (χ3v) is 3.87. The van der Waals surface area contributed by atoms with Gasteiger partial charge in [-0.15, -0.1) is 10.2 Å². The number of nitrogens with zero attached hydrogens (tertiary/aromatic N) is 2. The molecule has 1 N–H and O–H groups in total. The minimum atomic E-state index is -0.575. The summed E-state index contributed by atoms with van der Waals surface area (Å²) < 4.78 is 11.1. The molecule has 1 aromatic heterocycles. The lowest BCUT2D eigenvalue weighted by Crippen LogP contribution is -2.36. The van der Waals surface area contributed by atoms with Gasteiger partial charge in [-0.05, 0) is 26.3 Å². The van der Waals surface area contributed by atoms with E-state index in [1.807, 2.05) is 51.1 Å². The van der Waals surface area contributed by atoms with E-state index in [0.717, 1.165) is 5.56 Å². The van der Waals surface area contributed by atoms with E-state index in [2.05, 4.69) is 29.4 Å². The second-order valence-corrected chi connectivity index (χ2v) is 8.49. The molecule has 1 amide bonds. The predicted molar refractivity (Wildman–Crippen MR) is 97.5 cm³/mol. The molecule has 2 aromatic rings. The molecule has 25 heavy (non-hydrogen) atoms. The van der Waals surface area contributed by atoms with Gasteiger partial charge in [0.1, 0.15) is 11.6 Å². The van der Waals surface area contributed by atoms with Gasteiger partial charge in [0.2, 0.25) is 5.89 Å². The van der Waals surface area contributed by atoms with Crippen molar-refractivity contribution in [3.8, 4) is 0 Å². The fraction of sp³-hybridized carbons (Fsp3) is 0.500. The van der Waals surface area contributed by atoms with Gasteiger partial charge >= 0.3 is 6.09 Å². The minimum Gasteiger partial charge on any atom is -0.444 e. The first-order valence-corrected chi connectivity index (χ1v) is 9.14. The van der Waals surface area contributed by atoms with Crippen molar-refractivity contribution >= 4 is 17.9 Å². The van der Waals surface area contributed by atoms with Crippen molar-refractivity contribution in [2.75, 3.05) is 0 Å². The van der Waals surface area contributed by atoms with Crippen LogP contribution in [0.5, 0.6) is 0 Å². The molecule has 1 aromatic carbocycles. The minimum absolute atomic E-state index is 0.333. The molecule has 0 bridgehead atoms. The summed E-state index contributed by atoms with van der Waals surface area (Å²) in [5.74, 6) is 0.373.